The van der Waals surface area contributed by atoms with E-state index in [9.17, 15) is 27.2 Å². The number of halogens is 5. The Morgan fingerprint density at radius 1 is 1.43 bits per heavy atom. The van der Waals surface area contributed by atoms with Crippen molar-refractivity contribution in [2.75, 3.05) is 6.54 Å². The van der Waals surface area contributed by atoms with Crippen LogP contribution in [0.4, 0.5) is 22.4 Å². The number of nitrogens with zero attached hydrogens (tertiary/aromatic N) is 2. The second kappa shape index (κ2) is 7.30. The molecular weight excluding hydrogens is 408 g/mol. The van der Waals surface area contributed by atoms with Crippen molar-refractivity contribution in [3.63, 3.8) is 0 Å². The highest BCUT2D eigenvalue weighted by Gasteiger charge is 2.37. The number of ether oxygens (including phenoxy) is 1. The molecule has 0 spiro atoms. The van der Waals surface area contributed by atoms with Crippen LogP contribution in [0, 0.1) is 5.82 Å². The molecule has 0 bridgehead atoms. The molecule has 150 valence electrons. The lowest BCUT2D eigenvalue weighted by Gasteiger charge is -2.21. The number of hydrogen-bond donors (Lipinski definition) is 2. The van der Waals surface area contributed by atoms with Crippen molar-refractivity contribution in [3.8, 4) is 0 Å². The predicted octanol–water partition coefficient (Wildman–Crippen LogP) is 2.55. The van der Waals surface area contributed by atoms with Gasteiger partial charge in [-0.25, -0.2) is 9.18 Å². The third-order valence-electron chi connectivity index (χ3n) is 4.04. The lowest BCUT2D eigenvalue weighted by Crippen LogP contribution is -2.40. The Morgan fingerprint density at radius 2 is 2.14 bits per heavy atom. The first-order chi connectivity index (χ1) is 13.1. The smallest absolute Gasteiger partial charge is 0.434 e. The first kappa shape index (κ1) is 19.9. The van der Waals surface area contributed by atoms with Crippen LogP contribution < -0.4 is 10.6 Å². The lowest BCUT2D eigenvalue weighted by molar-refractivity contribution is -0.141. The number of cyclic esters (lactones) is 1. The van der Waals surface area contributed by atoms with Crippen molar-refractivity contribution in [3.05, 3.63) is 52.1 Å². The molecule has 2 N–H and O–H groups in total. The highest BCUT2D eigenvalue weighted by molar-refractivity contribution is 6.30. The average molecular weight is 421 g/mol. The van der Waals surface area contributed by atoms with E-state index in [1.54, 1.807) is 0 Å². The second-order valence-electron chi connectivity index (χ2n) is 5.97. The number of amides is 2. The fourth-order valence-corrected chi connectivity index (χ4v) is 2.87. The molecule has 28 heavy (non-hydrogen) atoms. The summed E-state index contributed by atoms with van der Waals surface area (Å²) in [6.45, 7) is -0.0965. The maximum Gasteiger partial charge on any atom is 0.435 e. The Morgan fingerprint density at radius 3 is 2.68 bits per heavy atom. The maximum absolute atomic E-state index is 13.5. The van der Waals surface area contributed by atoms with Gasteiger partial charge in [-0.1, -0.05) is 17.7 Å². The van der Waals surface area contributed by atoms with E-state index in [0.29, 0.717) is 0 Å². The molecule has 1 aliphatic heterocycles. The molecule has 1 unspecified atom stereocenters. The van der Waals surface area contributed by atoms with Crippen LogP contribution in [-0.2, 0) is 22.8 Å². The van der Waals surface area contributed by atoms with E-state index in [1.807, 2.05) is 0 Å². The SMILES string of the molecule is Cn1nc(C(F)(F)F)cc1[C@@H](NC(=O)C1CNC(=O)O1)c1ccc(F)c(Cl)c1. The first-order valence-electron chi connectivity index (χ1n) is 7.87. The Labute approximate surface area is 160 Å². The van der Waals surface area contributed by atoms with Gasteiger partial charge in [0.1, 0.15) is 5.82 Å². The van der Waals surface area contributed by atoms with Gasteiger partial charge in [0.05, 0.1) is 23.3 Å². The van der Waals surface area contributed by atoms with Crippen LogP contribution in [0.25, 0.3) is 0 Å². The molecule has 1 aliphatic rings. The van der Waals surface area contributed by atoms with E-state index in [4.69, 9.17) is 16.3 Å². The summed E-state index contributed by atoms with van der Waals surface area (Å²) in [5, 5.41) is 7.94. The van der Waals surface area contributed by atoms with E-state index in [-0.39, 0.29) is 22.8 Å². The average Bonchev–Trinajstić information content (AvgIpc) is 3.21. The Bertz CT molecular complexity index is 931. The Kier molecular flexibility index (Phi) is 5.20. The van der Waals surface area contributed by atoms with Crippen LogP contribution >= 0.6 is 11.6 Å². The standard InChI is InChI=1S/C16H13ClF4N4O3/c1-25-10(5-12(24-25)16(19,20)21)13(7-2-3-9(18)8(17)4-7)23-14(26)11-6-22-15(27)28-11/h2-5,11,13H,6H2,1H3,(H,22,27)(H,23,26)/t11?,13-/m0/s1. The van der Waals surface area contributed by atoms with Crippen molar-refractivity contribution in [1.82, 2.24) is 20.4 Å². The van der Waals surface area contributed by atoms with E-state index >= 15 is 0 Å². The molecule has 1 aromatic heterocycles. The van der Waals surface area contributed by atoms with Gasteiger partial charge >= 0.3 is 12.3 Å². The number of aryl methyl sites for hydroxylation is 1. The predicted molar refractivity (Wildman–Crippen MR) is 87.9 cm³/mol. The molecule has 2 heterocycles. The highest BCUT2D eigenvalue weighted by Crippen LogP contribution is 2.32. The molecule has 0 aliphatic carbocycles. The second-order valence-corrected chi connectivity index (χ2v) is 6.37. The number of benzene rings is 1. The molecule has 2 aromatic rings. The van der Waals surface area contributed by atoms with Crippen LogP contribution in [0.2, 0.25) is 5.02 Å². The third kappa shape index (κ3) is 4.03. The number of rotatable bonds is 4. The summed E-state index contributed by atoms with van der Waals surface area (Å²) in [7, 11) is 1.27. The fraction of sp³-hybridized carbons (Fsp3) is 0.312. The number of hydrogen-bond acceptors (Lipinski definition) is 4. The fourth-order valence-electron chi connectivity index (χ4n) is 2.68. The molecule has 1 aromatic carbocycles. The minimum atomic E-state index is -4.70. The summed E-state index contributed by atoms with van der Waals surface area (Å²) in [5.41, 5.74) is -0.971. The summed E-state index contributed by atoms with van der Waals surface area (Å²) < 4.78 is 58.3. The molecular formula is C16H13ClF4N4O3. The zero-order chi connectivity index (χ0) is 20.6. The van der Waals surface area contributed by atoms with Crippen molar-refractivity contribution in [2.24, 2.45) is 7.05 Å². The third-order valence-corrected chi connectivity index (χ3v) is 4.33. The van der Waals surface area contributed by atoms with Gasteiger partial charge < -0.3 is 15.4 Å². The summed E-state index contributed by atoms with van der Waals surface area (Å²) >= 11 is 5.78. The number of aromatic nitrogens is 2. The number of alkyl halides is 3. The molecule has 1 saturated heterocycles. The number of nitrogens with one attached hydrogen (secondary N) is 2. The lowest BCUT2D eigenvalue weighted by atomic mass is 10.0. The Balaban J connectivity index is 1.99. The van der Waals surface area contributed by atoms with E-state index in [2.05, 4.69) is 15.7 Å². The highest BCUT2D eigenvalue weighted by atomic mass is 35.5. The van der Waals surface area contributed by atoms with Gasteiger partial charge in [-0.3, -0.25) is 9.48 Å². The van der Waals surface area contributed by atoms with E-state index in [0.717, 1.165) is 16.8 Å². The van der Waals surface area contributed by atoms with Gasteiger partial charge in [0.2, 0.25) is 0 Å². The van der Waals surface area contributed by atoms with E-state index in [1.165, 1.54) is 19.2 Å². The van der Waals surface area contributed by atoms with Gasteiger partial charge in [0.15, 0.2) is 11.8 Å². The first-order valence-corrected chi connectivity index (χ1v) is 8.25. The van der Waals surface area contributed by atoms with Crippen molar-refractivity contribution in [2.45, 2.75) is 18.3 Å². The molecule has 1 fully saturated rings. The minimum Gasteiger partial charge on any atom is -0.434 e. The number of alkyl carbamates (subject to hydrolysis) is 1. The molecule has 2 amide bonds. The number of carbonyl (C=O) groups excluding carboxylic acids is 2. The van der Waals surface area contributed by atoms with Crippen LogP contribution in [0.3, 0.4) is 0 Å². The molecule has 7 nitrogen and oxygen atoms in total. The monoisotopic (exact) mass is 420 g/mol. The van der Waals surface area contributed by atoms with Crippen molar-refractivity contribution < 1.29 is 31.9 Å². The van der Waals surface area contributed by atoms with Crippen LogP contribution in [0.15, 0.2) is 24.3 Å². The van der Waals surface area contributed by atoms with E-state index < -0.39 is 41.8 Å². The number of carbonyl (C=O) groups is 2. The molecule has 0 radical (unpaired) electrons. The summed E-state index contributed by atoms with van der Waals surface area (Å²) in [5.74, 6) is -1.48. The zero-order valence-electron chi connectivity index (χ0n) is 14.2. The van der Waals surface area contributed by atoms with Crippen LogP contribution in [0.1, 0.15) is 23.0 Å². The van der Waals surface area contributed by atoms with Crippen LogP contribution in [-0.4, -0.2) is 34.4 Å². The van der Waals surface area contributed by atoms with Gasteiger partial charge in [-0.05, 0) is 23.8 Å². The van der Waals surface area contributed by atoms with Gasteiger partial charge in [0, 0.05) is 7.05 Å². The quantitative estimate of drug-likeness (QED) is 0.744. The largest absolute Gasteiger partial charge is 0.435 e. The normalized spacial score (nSPS) is 17.8. The summed E-state index contributed by atoms with van der Waals surface area (Å²) in [6.07, 6.45) is -6.65. The summed E-state index contributed by atoms with van der Waals surface area (Å²) in [6, 6.07) is 3.08. The van der Waals surface area contributed by atoms with Gasteiger partial charge in [-0.2, -0.15) is 18.3 Å². The van der Waals surface area contributed by atoms with Crippen molar-refractivity contribution in [1.29, 1.82) is 0 Å². The van der Waals surface area contributed by atoms with Gasteiger partial charge in [-0.15, -0.1) is 0 Å². The molecule has 2 atom stereocenters. The van der Waals surface area contributed by atoms with Gasteiger partial charge in [0.25, 0.3) is 5.91 Å². The Hall–Kier alpha value is -2.82. The van der Waals surface area contributed by atoms with Crippen LogP contribution in [0.5, 0.6) is 0 Å². The molecule has 0 saturated carbocycles. The molecule has 12 heteroatoms. The maximum atomic E-state index is 13.5. The zero-order valence-corrected chi connectivity index (χ0v) is 14.9. The molecule has 3 rings (SSSR count). The van der Waals surface area contributed by atoms with Crippen molar-refractivity contribution >= 4 is 23.6 Å². The minimum absolute atomic E-state index is 0.0272. The topological polar surface area (TPSA) is 85.3 Å². The summed E-state index contributed by atoms with van der Waals surface area (Å²) in [4.78, 5) is 23.5.